The number of nitrogens with zero attached hydrogens (tertiary/aromatic N) is 4. The second kappa shape index (κ2) is 8.26. The Morgan fingerprint density at radius 2 is 1.88 bits per heavy atom. The molecule has 162 valence electrons. The van der Waals surface area contributed by atoms with Crippen molar-refractivity contribution in [3.63, 3.8) is 0 Å². The number of primary amides is 1. The molecule has 1 aliphatic rings. The molecule has 4 aromatic rings. The highest BCUT2D eigenvalue weighted by atomic mass is 19.1. The number of carbonyl (C=O) groups is 1. The van der Waals surface area contributed by atoms with Crippen molar-refractivity contribution in [3.05, 3.63) is 66.1 Å². The molecule has 32 heavy (non-hydrogen) atoms. The number of fused-ring (bicyclic) bond motifs is 1. The fourth-order valence-corrected chi connectivity index (χ4v) is 4.11. The van der Waals surface area contributed by atoms with E-state index in [4.69, 9.17) is 10.7 Å². The van der Waals surface area contributed by atoms with Gasteiger partial charge in [-0.2, -0.15) is 4.98 Å². The quantitative estimate of drug-likeness (QED) is 0.409. The molecule has 0 spiro atoms. The molecule has 0 saturated heterocycles. The number of hydrogen-bond acceptors (Lipinski definition) is 6. The van der Waals surface area contributed by atoms with Crippen LogP contribution in [0.25, 0.3) is 11.2 Å². The van der Waals surface area contributed by atoms with Crippen LogP contribution in [0.15, 0.2) is 54.7 Å². The van der Waals surface area contributed by atoms with Crippen LogP contribution in [0.5, 0.6) is 0 Å². The zero-order valence-corrected chi connectivity index (χ0v) is 17.3. The van der Waals surface area contributed by atoms with Crippen LogP contribution in [-0.4, -0.2) is 25.4 Å². The molecule has 2 aromatic heterocycles. The van der Waals surface area contributed by atoms with Crippen molar-refractivity contribution in [1.82, 2.24) is 19.5 Å². The third-order valence-electron chi connectivity index (χ3n) is 5.65. The minimum Gasteiger partial charge on any atom is -0.366 e. The van der Waals surface area contributed by atoms with Crippen LogP contribution in [0.2, 0.25) is 0 Å². The largest absolute Gasteiger partial charge is 0.366 e. The van der Waals surface area contributed by atoms with Gasteiger partial charge in [0.1, 0.15) is 11.3 Å². The summed E-state index contributed by atoms with van der Waals surface area (Å²) in [7, 11) is 0. The predicted molar refractivity (Wildman–Crippen MR) is 121 cm³/mol. The van der Waals surface area contributed by atoms with E-state index in [0.29, 0.717) is 40.0 Å². The third-order valence-corrected chi connectivity index (χ3v) is 5.65. The lowest BCUT2D eigenvalue weighted by molar-refractivity contribution is 0.100. The molecular formula is C23H22FN7O. The van der Waals surface area contributed by atoms with Gasteiger partial charge >= 0.3 is 0 Å². The Bertz CT molecular complexity index is 1300. The molecule has 1 fully saturated rings. The van der Waals surface area contributed by atoms with Gasteiger partial charge in [0.15, 0.2) is 5.65 Å². The summed E-state index contributed by atoms with van der Waals surface area (Å²) in [6.07, 6.45) is 5.90. The van der Waals surface area contributed by atoms with E-state index in [1.807, 2.05) is 4.57 Å². The van der Waals surface area contributed by atoms with Gasteiger partial charge in [0, 0.05) is 17.3 Å². The Labute approximate surface area is 183 Å². The van der Waals surface area contributed by atoms with Crippen molar-refractivity contribution in [3.8, 4) is 0 Å². The number of carbonyl (C=O) groups excluding carboxylic acids is 1. The molecule has 5 rings (SSSR count). The summed E-state index contributed by atoms with van der Waals surface area (Å²) in [6, 6.07) is 13.6. The van der Waals surface area contributed by atoms with Gasteiger partial charge < -0.3 is 16.4 Å². The van der Waals surface area contributed by atoms with Crippen LogP contribution < -0.4 is 16.4 Å². The normalized spacial score (nSPS) is 14.0. The Morgan fingerprint density at radius 1 is 1.06 bits per heavy atom. The lowest BCUT2D eigenvalue weighted by Gasteiger charge is -2.17. The smallest absolute Gasteiger partial charge is 0.248 e. The van der Waals surface area contributed by atoms with Crippen LogP contribution in [0.3, 0.4) is 0 Å². The first-order chi connectivity index (χ1) is 15.6. The van der Waals surface area contributed by atoms with Gasteiger partial charge in [0.05, 0.1) is 11.9 Å². The Balaban J connectivity index is 1.54. The molecule has 9 heteroatoms. The summed E-state index contributed by atoms with van der Waals surface area (Å²) in [5.41, 5.74) is 8.06. The first-order valence-corrected chi connectivity index (χ1v) is 10.5. The molecule has 4 N–H and O–H groups in total. The van der Waals surface area contributed by atoms with Crippen LogP contribution in [0.1, 0.15) is 42.1 Å². The summed E-state index contributed by atoms with van der Waals surface area (Å²) in [5.74, 6) is 0.0587. The minimum atomic E-state index is -0.506. The molecule has 0 unspecified atom stereocenters. The molecule has 1 aliphatic carbocycles. The number of amides is 1. The van der Waals surface area contributed by atoms with E-state index in [0.717, 1.165) is 25.7 Å². The molecule has 2 heterocycles. The fourth-order valence-electron chi connectivity index (χ4n) is 4.11. The fraction of sp³-hybridized carbons (Fsp3) is 0.217. The number of nitrogens with two attached hydrogens (primary N) is 1. The molecule has 8 nitrogen and oxygen atoms in total. The van der Waals surface area contributed by atoms with E-state index in [1.165, 1.54) is 6.07 Å². The van der Waals surface area contributed by atoms with Gasteiger partial charge in [-0.3, -0.25) is 9.36 Å². The van der Waals surface area contributed by atoms with E-state index in [2.05, 4.69) is 20.6 Å². The summed E-state index contributed by atoms with van der Waals surface area (Å²) in [4.78, 5) is 25.2. The molecule has 0 bridgehead atoms. The van der Waals surface area contributed by atoms with Gasteiger partial charge in [-0.1, -0.05) is 31.0 Å². The Morgan fingerprint density at radius 3 is 2.66 bits per heavy atom. The second-order valence-corrected chi connectivity index (χ2v) is 7.82. The lowest BCUT2D eigenvalue weighted by atomic mass is 10.2. The molecule has 2 aromatic carbocycles. The number of imidazole rings is 1. The number of halogens is 1. The van der Waals surface area contributed by atoms with E-state index in [9.17, 15) is 9.18 Å². The number of nitrogens with one attached hydrogen (secondary N) is 2. The van der Waals surface area contributed by atoms with Gasteiger partial charge in [-0.15, -0.1) is 0 Å². The zero-order chi connectivity index (χ0) is 22.1. The summed E-state index contributed by atoms with van der Waals surface area (Å²) < 4.78 is 16.3. The third kappa shape index (κ3) is 3.84. The predicted octanol–water partition coefficient (Wildman–Crippen LogP) is 4.67. The highest BCUT2D eigenvalue weighted by Crippen LogP contribution is 2.36. The zero-order valence-electron chi connectivity index (χ0n) is 17.3. The maximum atomic E-state index is 14.3. The molecular weight excluding hydrogens is 409 g/mol. The topological polar surface area (TPSA) is 111 Å². The van der Waals surface area contributed by atoms with Crippen molar-refractivity contribution in [1.29, 1.82) is 0 Å². The van der Waals surface area contributed by atoms with Gasteiger partial charge in [-0.05, 0) is 43.2 Å². The number of aromatic nitrogens is 4. The van der Waals surface area contributed by atoms with E-state index in [-0.39, 0.29) is 11.9 Å². The average Bonchev–Trinajstić information content (AvgIpc) is 3.43. The van der Waals surface area contributed by atoms with Crippen LogP contribution in [0, 0.1) is 5.82 Å². The molecule has 1 amide bonds. The monoisotopic (exact) mass is 431 g/mol. The van der Waals surface area contributed by atoms with Gasteiger partial charge in [0.25, 0.3) is 0 Å². The number of hydrogen-bond donors (Lipinski definition) is 3. The van der Waals surface area contributed by atoms with E-state index < -0.39 is 5.91 Å². The second-order valence-electron chi connectivity index (χ2n) is 7.82. The average molecular weight is 431 g/mol. The van der Waals surface area contributed by atoms with E-state index in [1.54, 1.807) is 48.7 Å². The number of benzene rings is 2. The number of anilines is 4. The summed E-state index contributed by atoms with van der Waals surface area (Å²) >= 11 is 0. The maximum Gasteiger partial charge on any atom is 0.248 e. The SMILES string of the molecule is NC(=O)c1cccc(Nc2ncc3nc(Nc4ccccc4F)n(C4CCCC4)c3n2)c1. The highest BCUT2D eigenvalue weighted by Gasteiger charge is 2.24. The van der Waals surface area contributed by atoms with Crippen molar-refractivity contribution in [2.45, 2.75) is 31.7 Å². The molecule has 0 aliphatic heterocycles. The van der Waals surface area contributed by atoms with Crippen LogP contribution in [-0.2, 0) is 0 Å². The standard InChI is InChI=1S/C23H22FN7O/c24-17-10-3-4-11-18(17)28-23-29-19-13-26-22(27-15-7-5-6-14(12-15)20(25)32)30-21(19)31(23)16-8-1-2-9-16/h3-7,10-13,16H,1-2,8-9H2,(H2,25,32)(H,28,29)(H,26,27,30). The first-order valence-electron chi connectivity index (χ1n) is 10.5. The van der Waals surface area contributed by atoms with Crippen LogP contribution in [0.4, 0.5) is 27.7 Å². The molecule has 0 atom stereocenters. The van der Waals surface area contributed by atoms with Crippen LogP contribution >= 0.6 is 0 Å². The number of rotatable bonds is 6. The lowest BCUT2D eigenvalue weighted by Crippen LogP contribution is -2.11. The van der Waals surface area contributed by atoms with Crippen molar-refractivity contribution in [2.24, 2.45) is 5.73 Å². The first kappa shape index (κ1) is 19.9. The minimum absolute atomic E-state index is 0.218. The summed E-state index contributed by atoms with van der Waals surface area (Å²) in [5, 5.41) is 6.26. The van der Waals surface area contributed by atoms with Gasteiger partial charge in [-0.25, -0.2) is 14.4 Å². The van der Waals surface area contributed by atoms with Crippen molar-refractivity contribution in [2.75, 3.05) is 10.6 Å². The molecule has 1 saturated carbocycles. The van der Waals surface area contributed by atoms with Crippen molar-refractivity contribution >= 4 is 40.3 Å². The Kier molecular flexibility index (Phi) is 5.14. The van der Waals surface area contributed by atoms with Crippen molar-refractivity contribution < 1.29 is 9.18 Å². The summed E-state index contributed by atoms with van der Waals surface area (Å²) in [6.45, 7) is 0. The number of para-hydroxylation sites is 1. The maximum absolute atomic E-state index is 14.3. The van der Waals surface area contributed by atoms with E-state index >= 15 is 0 Å². The Hall–Kier alpha value is -4.01. The van der Waals surface area contributed by atoms with Gasteiger partial charge in [0.2, 0.25) is 17.8 Å². The highest BCUT2D eigenvalue weighted by molar-refractivity contribution is 5.93. The molecule has 0 radical (unpaired) electrons.